The molecule has 3 aromatic rings. The molecular formula is C19H18FN5O3S. The smallest absolute Gasteiger partial charge is 0.323 e. The largest absolute Gasteiger partial charge is 0.384 e. The van der Waals surface area contributed by atoms with Crippen molar-refractivity contribution in [2.75, 3.05) is 22.6 Å². The molecule has 0 saturated heterocycles. The Labute approximate surface area is 166 Å². The number of urea groups is 1. The first-order valence-electron chi connectivity index (χ1n) is 8.43. The highest BCUT2D eigenvalue weighted by Crippen LogP contribution is 2.20. The van der Waals surface area contributed by atoms with Crippen LogP contribution in [0.5, 0.6) is 0 Å². The van der Waals surface area contributed by atoms with Gasteiger partial charge in [-0.15, -0.1) is 0 Å². The van der Waals surface area contributed by atoms with E-state index in [2.05, 4.69) is 20.6 Å². The van der Waals surface area contributed by atoms with Crippen molar-refractivity contribution < 1.29 is 17.6 Å². The van der Waals surface area contributed by atoms with E-state index in [9.17, 15) is 17.6 Å². The van der Waals surface area contributed by atoms with Crippen LogP contribution in [0.2, 0.25) is 0 Å². The number of carbonyl (C=O) groups excluding carboxylic acids is 1. The third-order valence-electron chi connectivity index (χ3n) is 3.71. The highest BCUT2D eigenvalue weighted by molar-refractivity contribution is 7.89. The molecule has 0 aliphatic rings. The summed E-state index contributed by atoms with van der Waals surface area (Å²) in [5, 5.41) is 5.23. The Balaban J connectivity index is 1.71. The van der Waals surface area contributed by atoms with Gasteiger partial charge in [0, 0.05) is 29.3 Å². The van der Waals surface area contributed by atoms with Gasteiger partial charge in [-0.2, -0.15) is 0 Å². The van der Waals surface area contributed by atoms with Crippen molar-refractivity contribution >= 4 is 33.1 Å². The van der Waals surface area contributed by atoms with Crippen molar-refractivity contribution in [3.8, 4) is 11.4 Å². The van der Waals surface area contributed by atoms with Crippen LogP contribution in [-0.4, -0.2) is 30.7 Å². The SMILES string of the molecule is CS(=O)(=O)Cc1cc(N)nc(-c2ccc(NC(=O)Nc3ccc(F)cc3)cc2)n1. The first kappa shape index (κ1) is 20.2. The number of hydrogen-bond donors (Lipinski definition) is 3. The third-order valence-corrected chi connectivity index (χ3v) is 4.53. The molecule has 3 rings (SSSR count). The fraction of sp³-hybridized carbons (Fsp3) is 0.105. The molecule has 0 atom stereocenters. The first-order chi connectivity index (χ1) is 13.7. The summed E-state index contributed by atoms with van der Waals surface area (Å²) >= 11 is 0. The van der Waals surface area contributed by atoms with E-state index in [1.807, 2.05) is 0 Å². The van der Waals surface area contributed by atoms with Gasteiger partial charge in [-0.3, -0.25) is 0 Å². The van der Waals surface area contributed by atoms with Gasteiger partial charge in [0.25, 0.3) is 0 Å². The summed E-state index contributed by atoms with van der Waals surface area (Å²) in [5.74, 6) is -0.189. The van der Waals surface area contributed by atoms with Gasteiger partial charge in [0.1, 0.15) is 11.6 Å². The van der Waals surface area contributed by atoms with Gasteiger partial charge in [0.15, 0.2) is 15.7 Å². The number of rotatable bonds is 5. The average molecular weight is 415 g/mol. The number of nitrogen functional groups attached to an aromatic ring is 1. The van der Waals surface area contributed by atoms with Crippen molar-refractivity contribution in [2.45, 2.75) is 5.75 Å². The van der Waals surface area contributed by atoms with E-state index in [0.717, 1.165) is 6.26 Å². The number of aromatic nitrogens is 2. The van der Waals surface area contributed by atoms with Crippen LogP contribution in [0.1, 0.15) is 5.69 Å². The van der Waals surface area contributed by atoms with Crippen LogP contribution >= 0.6 is 0 Å². The molecular weight excluding hydrogens is 397 g/mol. The fourth-order valence-electron chi connectivity index (χ4n) is 2.52. The Hall–Kier alpha value is -3.53. The number of nitrogens with zero attached hydrogens (tertiary/aromatic N) is 2. The maximum absolute atomic E-state index is 12.9. The molecule has 10 heteroatoms. The zero-order valence-electron chi connectivity index (χ0n) is 15.4. The van der Waals surface area contributed by atoms with Crippen LogP contribution < -0.4 is 16.4 Å². The molecule has 150 valence electrons. The molecule has 1 aromatic heterocycles. The van der Waals surface area contributed by atoms with E-state index in [1.165, 1.54) is 30.3 Å². The minimum atomic E-state index is -3.26. The van der Waals surface area contributed by atoms with Gasteiger partial charge in [-0.25, -0.2) is 27.6 Å². The Morgan fingerprint density at radius 2 is 1.55 bits per heavy atom. The minimum absolute atomic E-state index is 0.162. The zero-order valence-corrected chi connectivity index (χ0v) is 16.2. The van der Waals surface area contributed by atoms with Crippen LogP contribution in [0.3, 0.4) is 0 Å². The molecule has 0 radical (unpaired) electrons. The molecule has 1 heterocycles. The van der Waals surface area contributed by atoms with Crippen molar-refractivity contribution in [1.29, 1.82) is 0 Å². The monoisotopic (exact) mass is 415 g/mol. The van der Waals surface area contributed by atoms with E-state index >= 15 is 0 Å². The molecule has 4 N–H and O–H groups in total. The number of halogens is 1. The second-order valence-corrected chi connectivity index (χ2v) is 8.48. The number of nitrogens with one attached hydrogen (secondary N) is 2. The molecule has 0 fully saturated rings. The Bertz CT molecular complexity index is 1130. The lowest BCUT2D eigenvalue weighted by Gasteiger charge is -2.09. The number of anilines is 3. The number of amides is 2. The normalized spacial score (nSPS) is 11.1. The number of hydrogen-bond acceptors (Lipinski definition) is 6. The molecule has 8 nitrogen and oxygen atoms in total. The fourth-order valence-corrected chi connectivity index (χ4v) is 3.20. The summed E-state index contributed by atoms with van der Waals surface area (Å²) in [6.45, 7) is 0. The maximum atomic E-state index is 12.9. The molecule has 0 unspecified atom stereocenters. The van der Waals surface area contributed by atoms with E-state index < -0.39 is 21.7 Å². The van der Waals surface area contributed by atoms with Crippen LogP contribution in [0.15, 0.2) is 54.6 Å². The zero-order chi connectivity index (χ0) is 21.0. The molecule has 2 amide bonds. The van der Waals surface area contributed by atoms with Crippen molar-refractivity contribution in [2.24, 2.45) is 0 Å². The first-order valence-corrected chi connectivity index (χ1v) is 10.5. The maximum Gasteiger partial charge on any atom is 0.323 e. The number of benzene rings is 2. The molecule has 2 aromatic carbocycles. The molecule has 0 bridgehead atoms. The predicted molar refractivity (Wildman–Crippen MR) is 109 cm³/mol. The lowest BCUT2D eigenvalue weighted by atomic mass is 10.2. The van der Waals surface area contributed by atoms with Gasteiger partial charge in [0.2, 0.25) is 0 Å². The summed E-state index contributed by atoms with van der Waals surface area (Å²) in [6, 6.07) is 12.9. The van der Waals surface area contributed by atoms with E-state index in [-0.39, 0.29) is 17.4 Å². The number of sulfone groups is 1. The standard InChI is InChI=1S/C19H18FN5O3S/c1-29(27,28)11-16-10-17(21)25-18(22-16)12-2-6-14(7-3-12)23-19(26)24-15-8-4-13(20)5-9-15/h2-10H,11H2,1H3,(H2,21,22,25)(H2,23,24,26). The molecule has 0 saturated carbocycles. The Morgan fingerprint density at radius 3 is 2.10 bits per heavy atom. The van der Waals surface area contributed by atoms with Crippen LogP contribution in [0.25, 0.3) is 11.4 Å². The van der Waals surface area contributed by atoms with Crippen LogP contribution in [0, 0.1) is 5.82 Å². The predicted octanol–water partition coefficient (Wildman–Crippen LogP) is 3.05. The number of nitrogens with two attached hydrogens (primary N) is 1. The van der Waals surface area contributed by atoms with Crippen molar-refractivity contribution in [3.63, 3.8) is 0 Å². The molecule has 0 aliphatic heterocycles. The Kier molecular flexibility index (Phi) is 5.74. The van der Waals surface area contributed by atoms with Crippen molar-refractivity contribution in [3.05, 3.63) is 66.1 Å². The van der Waals surface area contributed by atoms with Crippen molar-refractivity contribution in [1.82, 2.24) is 9.97 Å². The van der Waals surface area contributed by atoms with Gasteiger partial charge in [-0.05, 0) is 48.5 Å². The summed E-state index contributed by atoms with van der Waals surface area (Å²) in [6.07, 6.45) is 1.11. The van der Waals surface area contributed by atoms with E-state index in [1.54, 1.807) is 24.3 Å². The third kappa shape index (κ3) is 5.98. The summed E-state index contributed by atoms with van der Waals surface area (Å²) < 4.78 is 35.9. The van der Waals surface area contributed by atoms with Crippen LogP contribution in [0.4, 0.5) is 26.4 Å². The van der Waals surface area contributed by atoms with Gasteiger partial charge in [0.05, 0.1) is 11.4 Å². The molecule has 29 heavy (non-hydrogen) atoms. The lowest BCUT2D eigenvalue weighted by Crippen LogP contribution is -2.19. The summed E-state index contributed by atoms with van der Waals surface area (Å²) in [7, 11) is -3.26. The van der Waals surface area contributed by atoms with Gasteiger partial charge < -0.3 is 16.4 Å². The Morgan fingerprint density at radius 1 is 1.00 bits per heavy atom. The summed E-state index contributed by atoms with van der Waals surface area (Å²) in [5.41, 5.74) is 7.63. The quantitative estimate of drug-likeness (QED) is 0.588. The highest BCUT2D eigenvalue weighted by Gasteiger charge is 2.11. The van der Waals surface area contributed by atoms with Crippen LogP contribution in [-0.2, 0) is 15.6 Å². The van der Waals surface area contributed by atoms with Gasteiger partial charge in [-0.1, -0.05) is 0 Å². The summed E-state index contributed by atoms with van der Waals surface area (Å²) in [4.78, 5) is 20.4. The van der Waals surface area contributed by atoms with E-state index in [0.29, 0.717) is 22.6 Å². The lowest BCUT2D eigenvalue weighted by molar-refractivity contribution is 0.262. The average Bonchev–Trinajstić information content (AvgIpc) is 2.62. The second kappa shape index (κ2) is 8.23. The minimum Gasteiger partial charge on any atom is -0.384 e. The number of carbonyl (C=O) groups is 1. The second-order valence-electron chi connectivity index (χ2n) is 6.34. The topological polar surface area (TPSA) is 127 Å². The molecule has 0 aliphatic carbocycles. The van der Waals surface area contributed by atoms with E-state index in [4.69, 9.17) is 5.73 Å². The van der Waals surface area contributed by atoms with Gasteiger partial charge >= 0.3 is 6.03 Å². The molecule has 0 spiro atoms. The highest BCUT2D eigenvalue weighted by atomic mass is 32.2.